The Morgan fingerprint density at radius 1 is 1.07 bits per heavy atom. The molecule has 0 atom stereocenters. The summed E-state index contributed by atoms with van der Waals surface area (Å²) >= 11 is 1.69. The van der Waals surface area contributed by atoms with Crippen LogP contribution in [0.4, 0.5) is 5.95 Å². The number of nitrogens with zero attached hydrogens (tertiary/aromatic N) is 4. The number of carbonyl (C=O) groups is 1. The first kappa shape index (κ1) is 18.5. The van der Waals surface area contributed by atoms with Crippen molar-refractivity contribution in [3.05, 3.63) is 20.8 Å². The Morgan fingerprint density at radius 3 is 2.41 bits per heavy atom. The van der Waals surface area contributed by atoms with E-state index in [1.807, 2.05) is 32.7 Å². The summed E-state index contributed by atoms with van der Waals surface area (Å²) in [4.78, 5) is 36.8. The third-order valence-corrected chi connectivity index (χ3v) is 6.85. The fraction of sp³-hybridized carbons (Fsp3) is 0.650. The summed E-state index contributed by atoms with van der Waals surface area (Å²) in [5, 5.41) is 0.836. The molecule has 1 aliphatic carbocycles. The number of hydrogen-bond donors (Lipinski definition) is 0. The number of aryl methyl sites for hydroxylation is 2. The van der Waals surface area contributed by atoms with Crippen LogP contribution in [-0.4, -0.2) is 46.5 Å². The first-order valence-corrected chi connectivity index (χ1v) is 10.6. The standard InChI is InChI=1S/C20H28N4O2S/c1-20(2,3)18(26)23-9-11-24(12-10-23)19-21-16-15(17(25)22(19)4)13-7-5-6-8-14(13)27-16/h5-12H2,1-4H3. The third kappa shape index (κ3) is 3.16. The molecule has 1 fully saturated rings. The Bertz CT molecular complexity index is 946. The van der Waals surface area contributed by atoms with Gasteiger partial charge in [0.05, 0.1) is 5.39 Å². The molecule has 0 unspecified atom stereocenters. The molecule has 1 aliphatic heterocycles. The molecule has 27 heavy (non-hydrogen) atoms. The minimum atomic E-state index is -0.359. The largest absolute Gasteiger partial charge is 0.339 e. The van der Waals surface area contributed by atoms with E-state index in [1.165, 1.54) is 16.9 Å². The van der Waals surface area contributed by atoms with Crippen molar-refractivity contribution in [3.63, 3.8) is 0 Å². The van der Waals surface area contributed by atoms with Crippen molar-refractivity contribution in [2.24, 2.45) is 12.5 Å². The molecular formula is C20H28N4O2S. The van der Waals surface area contributed by atoms with E-state index in [1.54, 1.807) is 15.9 Å². The van der Waals surface area contributed by atoms with E-state index in [0.717, 1.165) is 35.4 Å². The number of rotatable bonds is 1. The van der Waals surface area contributed by atoms with Gasteiger partial charge in [0.2, 0.25) is 11.9 Å². The SMILES string of the molecule is Cn1c(N2CCN(C(=O)C(C)(C)C)CC2)nc2sc3c(c2c1=O)CCCC3. The maximum atomic E-state index is 13.1. The maximum Gasteiger partial charge on any atom is 0.263 e. The first-order chi connectivity index (χ1) is 12.8. The zero-order valence-electron chi connectivity index (χ0n) is 16.7. The zero-order chi connectivity index (χ0) is 19.3. The fourth-order valence-electron chi connectivity index (χ4n) is 4.14. The van der Waals surface area contributed by atoms with Crippen LogP contribution in [0.15, 0.2) is 4.79 Å². The van der Waals surface area contributed by atoms with E-state index in [2.05, 4.69) is 4.90 Å². The van der Waals surface area contributed by atoms with E-state index < -0.39 is 0 Å². The summed E-state index contributed by atoms with van der Waals surface area (Å²) in [6, 6.07) is 0. The van der Waals surface area contributed by atoms with E-state index in [4.69, 9.17) is 4.98 Å². The molecule has 0 saturated carbocycles. The Kier molecular flexibility index (Phi) is 4.53. The molecule has 146 valence electrons. The van der Waals surface area contributed by atoms with Crippen LogP contribution < -0.4 is 10.5 Å². The summed E-state index contributed by atoms with van der Waals surface area (Å²) in [5.41, 5.74) is 0.950. The molecule has 2 aromatic rings. The van der Waals surface area contributed by atoms with Crippen molar-refractivity contribution in [1.29, 1.82) is 0 Å². The van der Waals surface area contributed by atoms with Gasteiger partial charge in [-0.25, -0.2) is 4.98 Å². The molecule has 1 saturated heterocycles. The monoisotopic (exact) mass is 388 g/mol. The van der Waals surface area contributed by atoms with Crippen LogP contribution in [0.2, 0.25) is 0 Å². The van der Waals surface area contributed by atoms with Gasteiger partial charge in [0.1, 0.15) is 4.83 Å². The topological polar surface area (TPSA) is 58.4 Å². The minimum absolute atomic E-state index is 0.0718. The summed E-state index contributed by atoms with van der Waals surface area (Å²) < 4.78 is 1.70. The highest BCUT2D eigenvalue weighted by molar-refractivity contribution is 7.18. The molecule has 0 radical (unpaired) electrons. The second-order valence-corrected chi connectivity index (χ2v) is 9.78. The lowest BCUT2D eigenvalue weighted by Gasteiger charge is -2.38. The Labute approximate surface area is 163 Å². The first-order valence-electron chi connectivity index (χ1n) is 9.83. The van der Waals surface area contributed by atoms with Gasteiger partial charge in [-0.1, -0.05) is 20.8 Å². The number of aromatic nitrogens is 2. The van der Waals surface area contributed by atoms with Gasteiger partial charge in [0, 0.05) is 43.5 Å². The second kappa shape index (κ2) is 6.62. The highest BCUT2D eigenvalue weighted by Gasteiger charge is 2.31. The minimum Gasteiger partial charge on any atom is -0.339 e. The van der Waals surface area contributed by atoms with Crippen molar-refractivity contribution >= 4 is 33.4 Å². The number of thiophene rings is 1. The van der Waals surface area contributed by atoms with Gasteiger partial charge in [-0.15, -0.1) is 11.3 Å². The average molecular weight is 389 g/mol. The van der Waals surface area contributed by atoms with E-state index >= 15 is 0 Å². The van der Waals surface area contributed by atoms with Crippen LogP contribution >= 0.6 is 11.3 Å². The Morgan fingerprint density at radius 2 is 1.74 bits per heavy atom. The van der Waals surface area contributed by atoms with Gasteiger partial charge in [0.25, 0.3) is 5.56 Å². The summed E-state index contributed by atoms with van der Waals surface area (Å²) in [6.07, 6.45) is 4.44. The Hall–Kier alpha value is -1.89. The van der Waals surface area contributed by atoms with Crippen LogP contribution in [0, 0.1) is 5.41 Å². The van der Waals surface area contributed by atoms with Crippen LogP contribution in [-0.2, 0) is 24.7 Å². The molecule has 0 N–H and O–H groups in total. The number of hydrogen-bond acceptors (Lipinski definition) is 5. The molecule has 2 aromatic heterocycles. The van der Waals surface area contributed by atoms with E-state index in [0.29, 0.717) is 26.2 Å². The van der Waals surface area contributed by atoms with Crippen LogP contribution in [0.3, 0.4) is 0 Å². The normalized spacial score (nSPS) is 18.1. The van der Waals surface area contributed by atoms with Crippen molar-refractivity contribution in [2.45, 2.75) is 46.5 Å². The highest BCUT2D eigenvalue weighted by atomic mass is 32.1. The lowest BCUT2D eigenvalue weighted by Crippen LogP contribution is -2.52. The van der Waals surface area contributed by atoms with E-state index in [9.17, 15) is 9.59 Å². The predicted molar refractivity (Wildman–Crippen MR) is 110 cm³/mol. The van der Waals surface area contributed by atoms with Crippen LogP contribution in [0.25, 0.3) is 10.2 Å². The molecular weight excluding hydrogens is 360 g/mol. The van der Waals surface area contributed by atoms with Crippen molar-refractivity contribution < 1.29 is 4.79 Å². The third-order valence-electron chi connectivity index (χ3n) is 5.66. The van der Waals surface area contributed by atoms with Gasteiger partial charge in [-0.05, 0) is 31.2 Å². The number of amides is 1. The number of carbonyl (C=O) groups excluding carboxylic acids is 1. The van der Waals surface area contributed by atoms with Crippen molar-refractivity contribution in [1.82, 2.24) is 14.5 Å². The highest BCUT2D eigenvalue weighted by Crippen LogP contribution is 2.34. The van der Waals surface area contributed by atoms with Crippen LogP contribution in [0.5, 0.6) is 0 Å². The lowest BCUT2D eigenvalue weighted by molar-refractivity contribution is -0.139. The fourth-order valence-corrected chi connectivity index (χ4v) is 5.39. The number of piperazine rings is 1. The van der Waals surface area contributed by atoms with Gasteiger partial charge in [-0.2, -0.15) is 0 Å². The lowest BCUT2D eigenvalue weighted by atomic mass is 9.94. The smallest absolute Gasteiger partial charge is 0.263 e. The summed E-state index contributed by atoms with van der Waals surface area (Å²) in [6.45, 7) is 8.63. The van der Waals surface area contributed by atoms with Gasteiger partial charge < -0.3 is 9.80 Å². The molecule has 0 spiro atoms. The summed E-state index contributed by atoms with van der Waals surface area (Å²) in [5.74, 6) is 0.916. The predicted octanol–water partition coefficient (Wildman–Crippen LogP) is 2.57. The summed E-state index contributed by atoms with van der Waals surface area (Å²) in [7, 11) is 1.82. The number of anilines is 1. The average Bonchev–Trinajstić information content (AvgIpc) is 3.02. The van der Waals surface area contributed by atoms with Crippen molar-refractivity contribution in [2.75, 3.05) is 31.1 Å². The molecule has 0 bridgehead atoms. The van der Waals surface area contributed by atoms with Gasteiger partial charge >= 0.3 is 0 Å². The molecule has 3 heterocycles. The number of fused-ring (bicyclic) bond motifs is 3. The Balaban J connectivity index is 1.63. The maximum absolute atomic E-state index is 13.1. The van der Waals surface area contributed by atoms with Gasteiger partial charge in [-0.3, -0.25) is 14.2 Å². The molecule has 7 heteroatoms. The quantitative estimate of drug-likeness (QED) is 0.753. The molecule has 0 aromatic carbocycles. The molecule has 4 rings (SSSR count). The van der Waals surface area contributed by atoms with E-state index in [-0.39, 0.29) is 16.9 Å². The molecule has 2 aliphatic rings. The second-order valence-electron chi connectivity index (χ2n) is 8.70. The zero-order valence-corrected chi connectivity index (χ0v) is 17.5. The van der Waals surface area contributed by atoms with Crippen LogP contribution in [0.1, 0.15) is 44.1 Å². The van der Waals surface area contributed by atoms with Crippen molar-refractivity contribution in [3.8, 4) is 0 Å². The van der Waals surface area contributed by atoms with Gasteiger partial charge in [0.15, 0.2) is 0 Å². The molecule has 1 amide bonds. The molecule has 6 nitrogen and oxygen atoms in total.